The summed E-state index contributed by atoms with van der Waals surface area (Å²) in [4.78, 5) is 23.6. The molecule has 0 bridgehead atoms. The fourth-order valence-electron chi connectivity index (χ4n) is 7.20. The predicted molar refractivity (Wildman–Crippen MR) is 190 cm³/mol. The smallest absolute Gasteiger partial charge is 0.345 e. The lowest BCUT2D eigenvalue weighted by atomic mass is 9.12. The van der Waals surface area contributed by atoms with Gasteiger partial charge in [0.15, 0.2) is 82.5 Å². The molecule has 0 saturated heterocycles. The van der Waals surface area contributed by atoms with Crippen molar-refractivity contribution in [3.05, 3.63) is 170 Å². The van der Waals surface area contributed by atoms with Crippen molar-refractivity contribution in [1.82, 2.24) is 0 Å². The van der Waals surface area contributed by atoms with Gasteiger partial charge in [0.1, 0.15) is 58.3 Å². The molecule has 0 amide bonds. The first kappa shape index (κ1) is 50.8. The molecule has 6 rings (SSSR count). The summed E-state index contributed by atoms with van der Waals surface area (Å²) in [6.07, 6.45) is -5.32. The number of para-hydroxylation sites is 1. The van der Waals surface area contributed by atoms with E-state index in [0.29, 0.717) is 12.1 Å². The minimum absolute atomic E-state index is 0.0644. The molecule has 5 nitrogen and oxygen atoms in total. The van der Waals surface area contributed by atoms with Gasteiger partial charge in [-0.2, -0.15) is 4.57 Å². The van der Waals surface area contributed by atoms with Gasteiger partial charge < -0.3 is 9.47 Å². The lowest BCUT2D eigenvalue weighted by Gasteiger charge is -2.44. The van der Waals surface area contributed by atoms with E-state index in [0.717, 1.165) is 10.9 Å². The van der Waals surface area contributed by atoms with E-state index in [9.17, 15) is 62.3 Å². The normalized spacial score (nSPS) is 11.4. The Bertz CT molecular complexity index is 2690. The number of aromatic nitrogens is 1. The molecule has 67 heavy (non-hydrogen) atoms. The van der Waals surface area contributed by atoms with Gasteiger partial charge in [0, 0.05) is 23.1 Å². The van der Waals surface area contributed by atoms with Gasteiger partial charge in [0.25, 0.3) is 0 Å². The average molecular weight is 979 g/mol. The Morgan fingerprint density at radius 1 is 0.418 bits per heavy atom. The van der Waals surface area contributed by atoms with Crippen LogP contribution in [0.4, 0.5) is 87.8 Å². The van der Waals surface area contributed by atoms with E-state index in [1.54, 1.807) is 6.92 Å². The van der Waals surface area contributed by atoms with Gasteiger partial charge in [-0.15, -0.1) is 21.9 Å². The van der Waals surface area contributed by atoms with Gasteiger partial charge in [-0.1, -0.05) is 12.1 Å². The molecule has 26 heteroatoms. The molecule has 0 fully saturated rings. The number of rotatable bonds is 8. The van der Waals surface area contributed by atoms with Gasteiger partial charge >= 0.3 is 11.9 Å². The number of carbonyl (C=O) groups is 2. The molecular formula is C41H18BF20NO4. The van der Waals surface area contributed by atoms with Crippen molar-refractivity contribution in [2.24, 2.45) is 0 Å². The lowest BCUT2D eigenvalue weighted by molar-refractivity contribution is -0.663. The number of esters is 2. The van der Waals surface area contributed by atoms with Gasteiger partial charge in [0.05, 0.1) is 14.2 Å². The Hall–Kier alpha value is -7.15. The first-order chi connectivity index (χ1) is 31.3. The minimum atomic E-state index is -7.22. The molecule has 0 saturated carbocycles. The maximum absolute atomic E-state index is 15.4. The van der Waals surface area contributed by atoms with Crippen LogP contribution in [0, 0.1) is 116 Å². The number of pyridine rings is 1. The van der Waals surface area contributed by atoms with Crippen LogP contribution in [0.5, 0.6) is 0 Å². The largest absolute Gasteiger partial charge is 0.465 e. The number of carbonyl (C=O) groups excluding carboxylic acids is 2. The fraction of sp³-hybridized carbons (Fsp3) is 0.0976. The summed E-state index contributed by atoms with van der Waals surface area (Å²) >= 11 is 0. The van der Waals surface area contributed by atoms with E-state index >= 15 is 35.1 Å². The SMILES string of the molecule is COC(=O)C(C(=O)OC)=C(C)C[n+]1cccc2ccccc21.Fc1c(F)c(F)c([B-](c2c(F)c(F)c(F)c(F)c2F)(c2c(F)c(F)c(F)c(F)c2F)c2c(F)c(F)c(F)c(F)c2F)c(F)c1F. The van der Waals surface area contributed by atoms with Crippen LogP contribution in [0.2, 0.25) is 0 Å². The zero-order chi connectivity index (χ0) is 50.5. The summed E-state index contributed by atoms with van der Waals surface area (Å²) in [5.74, 6) is -72.8. The van der Waals surface area contributed by atoms with Crippen LogP contribution in [0.15, 0.2) is 53.7 Å². The molecule has 1 aromatic heterocycles. The minimum Gasteiger partial charge on any atom is -0.465 e. The highest BCUT2D eigenvalue weighted by Gasteiger charge is 2.52. The van der Waals surface area contributed by atoms with E-state index in [2.05, 4.69) is 9.47 Å². The first-order valence-electron chi connectivity index (χ1n) is 17.8. The summed E-state index contributed by atoms with van der Waals surface area (Å²) in [6, 6.07) is 11.8. The van der Waals surface area contributed by atoms with Crippen molar-refractivity contribution in [1.29, 1.82) is 0 Å². The maximum atomic E-state index is 15.4. The topological polar surface area (TPSA) is 56.5 Å². The summed E-state index contributed by atoms with van der Waals surface area (Å²) < 4.78 is 305. The summed E-state index contributed by atoms with van der Waals surface area (Å²) in [6.45, 7) is 2.11. The summed E-state index contributed by atoms with van der Waals surface area (Å²) in [5, 5.41) is 1.08. The number of fused-ring (bicyclic) bond motifs is 1. The number of benzene rings is 5. The maximum Gasteiger partial charge on any atom is 0.345 e. The molecular weight excluding hydrogens is 961 g/mol. The molecule has 0 aliphatic rings. The van der Waals surface area contributed by atoms with Crippen molar-refractivity contribution < 1.29 is 111 Å². The molecule has 354 valence electrons. The van der Waals surface area contributed by atoms with E-state index in [1.165, 1.54) is 14.2 Å². The molecule has 0 aliphatic heterocycles. The average Bonchev–Trinajstić information content (AvgIpc) is 3.31. The molecule has 0 N–H and O–H groups in total. The molecule has 1 heterocycles. The van der Waals surface area contributed by atoms with Crippen molar-refractivity contribution in [3.63, 3.8) is 0 Å². The van der Waals surface area contributed by atoms with Gasteiger partial charge in [-0.05, 0) is 19.1 Å². The van der Waals surface area contributed by atoms with E-state index < -0.39 is 156 Å². The molecule has 0 atom stereocenters. The Morgan fingerprint density at radius 3 is 0.955 bits per heavy atom. The molecule has 0 spiro atoms. The summed E-state index contributed by atoms with van der Waals surface area (Å²) in [7, 11) is 2.48. The first-order valence-corrected chi connectivity index (χ1v) is 17.8. The van der Waals surface area contributed by atoms with Crippen LogP contribution in [0.3, 0.4) is 0 Å². The number of halogens is 20. The van der Waals surface area contributed by atoms with E-state index in [1.807, 2.05) is 47.2 Å². The zero-order valence-electron chi connectivity index (χ0n) is 33.0. The lowest BCUT2D eigenvalue weighted by Crippen LogP contribution is -2.81. The number of methoxy groups -OCH3 is 2. The standard InChI is InChI=1S/C24BF20.C17H18NO4/c26-5-1(6(27)14(35)21(42)13(5)34)25(2-7(28)15(36)22(43)16(37)8(2)29,3-9(30)17(38)23(44)18(39)10(3)31)4-11(32)19(40)24(45)20(41)12(4)33;1-12(15(16(19)21-2)17(20)22-3)11-18-10-6-8-13-7-4-5-9-14(13)18/h;4-10H,11H2,1-3H3/q-1;+1. The van der Waals surface area contributed by atoms with Crippen LogP contribution >= 0.6 is 0 Å². The number of hydrogen-bond donors (Lipinski definition) is 0. The van der Waals surface area contributed by atoms with Crippen molar-refractivity contribution in [2.75, 3.05) is 14.2 Å². The Balaban J connectivity index is 0.000000319. The molecule has 0 radical (unpaired) electrons. The highest BCUT2D eigenvalue weighted by atomic mass is 19.2. The van der Waals surface area contributed by atoms with E-state index in [4.69, 9.17) is 0 Å². The Labute approximate surface area is 360 Å². The highest BCUT2D eigenvalue weighted by Crippen LogP contribution is 2.31. The van der Waals surface area contributed by atoms with Crippen LogP contribution in [0.25, 0.3) is 10.9 Å². The summed E-state index contributed by atoms with van der Waals surface area (Å²) in [5.41, 5.74) is -12.8. The Kier molecular flexibility index (Phi) is 14.4. The van der Waals surface area contributed by atoms with Crippen LogP contribution in [0.1, 0.15) is 6.92 Å². The van der Waals surface area contributed by atoms with Gasteiger partial charge in [-0.3, -0.25) is 0 Å². The second kappa shape index (κ2) is 19.0. The van der Waals surface area contributed by atoms with Crippen LogP contribution in [-0.2, 0) is 25.6 Å². The third kappa shape index (κ3) is 8.04. The number of allylic oxidation sites excluding steroid dienone is 1. The van der Waals surface area contributed by atoms with Gasteiger partial charge in [-0.25, -0.2) is 97.4 Å². The highest BCUT2D eigenvalue weighted by molar-refractivity contribution is 7.20. The zero-order valence-corrected chi connectivity index (χ0v) is 33.0. The van der Waals surface area contributed by atoms with Crippen LogP contribution in [-0.4, -0.2) is 32.3 Å². The monoisotopic (exact) mass is 979 g/mol. The number of hydrogen-bond acceptors (Lipinski definition) is 4. The number of nitrogens with zero attached hydrogens (tertiary/aromatic N) is 1. The van der Waals surface area contributed by atoms with Crippen molar-refractivity contribution >= 4 is 50.8 Å². The molecule has 6 aromatic rings. The van der Waals surface area contributed by atoms with E-state index in [-0.39, 0.29) is 5.57 Å². The third-order valence-corrected chi connectivity index (χ3v) is 10.1. The Morgan fingerprint density at radius 2 is 0.672 bits per heavy atom. The fourth-order valence-corrected chi connectivity index (χ4v) is 7.20. The second-order valence-electron chi connectivity index (χ2n) is 13.6. The van der Waals surface area contributed by atoms with Crippen molar-refractivity contribution in [3.8, 4) is 0 Å². The van der Waals surface area contributed by atoms with Gasteiger partial charge in [0.2, 0.25) is 5.52 Å². The molecule has 0 aliphatic carbocycles. The third-order valence-electron chi connectivity index (χ3n) is 10.1. The predicted octanol–water partition coefficient (Wildman–Crippen LogP) is 7.64. The molecule has 5 aromatic carbocycles. The second-order valence-corrected chi connectivity index (χ2v) is 13.6. The molecule has 0 unspecified atom stereocenters. The van der Waals surface area contributed by atoms with Crippen molar-refractivity contribution in [2.45, 2.75) is 13.5 Å². The van der Waals surface area contributed by atoms with Crippen LogP contribution < -0.4 is 26.4 Å². The number of ether oxygens (including phenoxy) is 2. The quantitative estimate of drug-likeness (QED) is 0.0181.